The fourth-order valence-corrected chi connectivity index (χ4v) is 8.72. The SMILES string of the molecule is CCC(=O)O[C@]1(C(=O)COS(C)(=O)=O)[C@@H](C)C[C@H]2[C@@H]3C[C@H](F)C4=CC(=O)C=C[C@]4(C)[C@@]3(Cl)[C@@H](O)C[C@@]21C. The molecule has 9 atom stereocenters. The van der Waals surface area contributed by atoms with Gasteiger partial charge < -0.3 is 9.84 Å². The van der Waals surface area contributed by atoms with Crippen LogP contribution in [0.4, 0.5) is 4.39 Å². The van der Waals surface area contributed by atoms with Gasteiger partial charge in [-0.1, -0.05) is 33.8 Å². The number of ether oxygens (including phenoxy) is 1. The molecule has 0 unspecified atom stereocenters. The normalized spacial score (nSPS) is 44.9. The van der Waals surface area contributed by atoms with Gasteiger partial charge in [-0.05, 0) is 48.8 Å². The van der Waals surface area contributed by atoms with E-state index in [0.717, 1.165) is 6.26 Å². The molecule has 1 N–H and O–H groups in total. The molecule has 0 amide bonds. The summed E-state index contributed by atoms with van der Waals surface area (Å²) >= 11 is 7.34. The third-order valence-electron chi connectivity index (χ3n) is 9.55. The molecule has 11 heteroatoms. The van der Waals surface area contributed by atoms with E-state index < -0.39 is 79.8 Å². The number of alkyl halides is 2. The van der Waals surface area contributed by atoms with Gasteiger partial charge in [0.05, 0.1) is 17.2 Å². The highest BCUT2D eigenvalue weighted by atomic mass is 35.5. The van der Waals surface area contributed by atoms with Crippen LogP contribution in [-0.2, 0) is 33.4 Å². The molecule has 0 aliphatic heterocycles. The molecule has 4 rings (SSSR count). The average molecular weight is 561 g/mol. The summed E-state index contributed by atoms with van der Waals surface area (Å²) in [5.74, 6) is -3.43. The Morgan fingerprint density at radius 2 is 1.89 bits per heavy atom. The van der Waals surface area contributed by atoms with E-state index in [0.29, 0.717) is 6.42 Å². The highest BCUT2D eigenvalue weighted by Gasteiger charge is 2.77. The van der Waals surface area contributed by atoms with Gasteiger partial charge in [0.25, 0.3) is 10.1 Å². The maximum atomic E-state index is 15.7. The van der Waals surface area contributed by atoms with Crippen molar-refractivity contribution in [2.24, 2.45) is 28.6 Å². The van der Waals surface area contributed by atoms with Crippen LogP contribution in [-0.4, -0.2) is 66.7 Å². The number of esters is 1. The van der Waals surface area contributed by atoms with Crippen LogP contribution in [0.15, 0.2) is 23.8 Å². The van der Waals surface area contributed by atoms with Crippen molar-refractivity contribution in [2.75, 3.05) is 12.9 Å². The molecule has 8 nitrogen and oxygen atoms in total. The monoisotopic (exact) mass is 560 g/mol. The van der Waals surface area contributed by atoms with Crippen LogP contribution in [0, 0.1) is 28.6 Å². The molecule has 0 aromatic carbocycles. The second-order valence-electron chi connectivity index (χ2n) is 11.4. The third-order valence-corrected chi connectivity index (χ3v) is 11.0. The summed E-state index contributed by atoms with van der Waals surface area (Å²) in [6.45, 7) is 5.91. The van der Waals surface area contributed by atoms with Crippen LogP contribution in [0.1, 0.15) is 53.4 Å². The first kappa shape index (κ1) is 28.4. The standard InChI is InChI=1S/C26H34ClFO8S/c1-6-22(32)36-26(21(31)13-35-37(5,33)34)14(2)9-16-17-11-19(28)18-10-15(29)7-8-23(18,3)25(17,27)20(30)12-24(16,26)4/h7-8,10,14,16-17,19-20,30H,6,9,11-13H2,1-5H3/t14-,16-,17-,19-,20-,23-,24-,25-,26-/m0/s1. The maximum Gasteiger partial charge on any atom is 0.306 e. The fourth-order valence-electron chi connectivity index (χ4n) is 7.91. The fraction of sp³-hybridized carbons (Fsp3) is 0.731. The predicted octanol–water partition coefficient (Wildman–Crippen LogP) is 3.06. The van der Waals surface area contributed by atoms with Crippen LogP contribution in [0.25, 0.3) is 0 Å². The van der Waals surface area contributed by atoms with Crippen LogP contribution in [0.3, 0.4) is 0 Å². The van der Waals surface area contributed by atoms with Crippen LogP contribution < -0.4 is 0 Å². The van der Waals surface area contributed by atoms with Crippen LogP contribution >= 0.6 is 11.6 Å². The number of rotatable bonds is 6. The number of Topliss-reactive ketones (excluding diaryl/α,β-unsaturated/α-hetero) is 1. The highest BCUT2D eigenvalue weighted by Crippen LogP contribution is 2.72. The number of carbonyl (C=O) groups is 3. The highest BCUT2D eigenvalue weighted by molar-refractivity contribution is 7.86. The largest absolute Gasteiger partial charge is 0.450 e. The van der Waals surface area contributed by atoms with Gasteiger partial charge in [-0.3, -0.25) is 18.6 Å². The van der Waals surface area contributed by atoms with E-state index in [4.69, 9.17) is 20.5 Å². The third kappa shape index (κ3) is 3.88. The van der Waals surface area contributed by atoms with Gasteiger partial charge in [0.15, 0.2) is 11.4 Å². The zero-order chi connectivity index (χ0) is 27.8. The second-order valence-corrected chi connectivity index (χ2v) is 13.7. The lowest BCUT2D eigenvalue weighted by molar-refractivity contribution is -0.203. The summed E-state index contributed by atoms with van der Waals surface area (Å²) in [6.07, 6.45) is 2.35. The molecule has 0 spiro atoms. The Labute approximate surface area is 221 Å². The molecule has 0 heterocycles. The minimum Gasteiger partial charge on any atom is -0.450 e. The van der Waals surface area contributed by atoms with E-state index in [-0.39, 0.29) is 30.6 Å². The van der Waals surface area contributed by atoms with Gasteiger partial charge in [0.2, 0.25) is 5.78 Å². The quantitative estimate of drug-likeness (QED) is 0.299. The smallest absolute Gasteiger partial charge is 0.306 e. The zero-order valence-electron chi connectivity index (χ0n) is 21.6. The summed E-state index contributed by atoms with van der Waals surface area (Å²) in [5, 5.41) is 11.7. The molecule has 37 heavy (non-hydrogen) atoms. The van der Waals surface area contributed by atoms with Crippen molar-refractivity contribution in [1.82, 2.24) is 0 Å². The number of halogens is 2. The van der Waals surface area contributed by atoms with E-state index in [9.17, 15) is 27.9 Å². The topological polar surface area (TPSA) is 124 Å². The van der Waals surface area contributed by atoms with E-state index in [1.54, 1.807) is 33.8 Å². The van der Waals surface area contributed by atoms with Crippen molar-refractivity contribution in [3.05, 3.63) is 23.8 Å². The van der Waals surface area contributed by atoms with Crippen molar-refractivity contribution in [2.45, 2.75) is 76.1 Å². The van der Waals surface area contributed by atoms with Gasteiger partial charge in [0, 0.05) is 23.2 Å². The molecular weight excluding hydrogens is 527 g/mol. The van der Waals surface area contributed by atoms with Crippen molar-refractivity contribution < 1.29 is 41.2 Å². The van der Waals surface area contributed by atoms with Crippen molar-refractivity contribution in [3.63, 3.8) is 0 Å². The molecular formula is C26H34ClFO8S. The lowest BCUT2D eigenvalue weighted by Gasteiger charge is -2.64. The van der Waals surface area contributed by atoms with E-state index in [1.807, 2.05) is 0 Å². The van der Waals surface area contributed by atoms with Crippen molar-refractivity contribution in [3.8, 4) is 0 Å². The average Bonchev–Trinajstić information content (AvgIpc) is 3.02. The van der Waals surface area contributed by atoms with Crippen LogP contribution in [0.2, 0.25) is 0 Å². The molecule has 206 valence electrons. The zero-order valence-corrected chi connectivity index (χ0v) is 23.2. The van der Waals surface area contributed by atoms with Gasteiger partial charge in [0.1, 0.15) is 12.8 Å². The summed E-state index contributed by atoms with van der Waals surface area (Å²) < 4.78 is 49.8. The first-order valence-corrected chi connectivity index (χ1v) is 14.7. The summed E-state index contributed by atoms with van der Waals surface area (Å²) in [4.78, 5) is 37.1. The minimum atomic E-state index is -3.97. The molecule has 0 aromatic heterocycles. The molecule has 0 aromatic rings. The molecule has 0 bridgehead atoms. The van der Waals surface area contributed by atoms with Gasteiger partial charge >= 0.3 is 5.97 Å². The lowest BCUT2D eigenvalue weighted by Crippen LogP contribution is -2.70. The second kappa shape index (κ2) is 8.96. The molecule has 4 aliphatic carbocycles. The number of aliphatic hydroxyl groups excluding tert-OH is 1. The Morgan fingerprint density at radius 3 is 2.49 bits per heavy atom. The first-order chi connectivity index (χ1) is 17.0. The summed E-state index contributed by atoms with van der Waals surface area (Å²) in [6, 6.07) is 0. The van der Waals surface area contributed by atoms with E-state index in [1.165, 1.54) is 12.2 Å². The number of hydrogen-bond acceptors (Lipinski definition) is 8. The molecule has 0 radical (unpaired) electrons. The number of allylic oxidation sites excluding steroid dienone is 4. The summed E-state index contributed by atoms with van der Waals surface area (Å²) in [5.41, 5.74) is -3.94. The molecule has 3 fully saturated rings. The number of aliphatic hydroxyl groups is 1. The predicted molar refractivity (Wildman–Crippen MR) is 133 cm³/mol. The number of carbonyl (C=O) groups excluding carboxylic acids is 3. The number of fused-ring (bicyclic) bond motifs is 5. The van der Waals surface area contributed by atoms with Gasteiger partial charge in [-0.15, -0.1) is 11.6 Å². The molecule has 3 saturated carbocycles. The Hall–Kier alpha value is -1.62. The van der Waals surface area contributed by atoms with Gasteiger partial charge in [-0.25, -0.2) is 4.39 Å². The number of hydrogen-bond donors (Lipinski definition) is 1. The van der Waals surface area contributed by atoms with Crippen molar-refractivity contribution >= 4 is 39.3 Å². The Morgan fingerprint density at radius 1 is 1.24 bits per heavy atom. The first-order valence-electron chi connectivity index (χ1n) is 12.5. The Balaban J connectivity index is 1.85. The minimum absolute atomic E-state index is 0.0293. The van der Waals surface area contributed by atoms with E-state index >= 15 is 4.39 Å². The maximum absolute atomic E-state index is 15.7. The van der Waals surface area contributed by atoms with Gasteiger partial charge in [-0.2, -0.15) is 8.42 Å². The number of ketones is 2. The molecule has 4 aliphatic rings. The van der Waals surface area contributed by atoms with E-state index in [2.05, 4.69) is 0 Å². The lowest BCUT2D eigenvalue weighted by atomic mass is 9.45. The van der Waals surface area contributed by atoms with Crippen molar-refractivity contribution in [1.29, 1.82) is 0 Å². The Kier molecular flexibility index (Phi) is 6.88. The summed E-state index contributed by atoms with van der Waals surface area (Å²) in [7, 11) is -3.97. The molecule has 0 saturated heterocycles. The Bertz CT molecular complexity index is 1200. The van der Waals surface area contributed by atoms with Crippen LogP contribution in [0.5, 0.6) is 0 Å².